The Bertz CT molecular complexity index is 708. The van der Waals surface area contributed by atoms with Crippen LogP contribution in [0.1, 0.15) is 11.1 Å². The van der Waals surface area contributed by atoms with Crippen LogP contribution in [-0.4, -0.2) is 18.9 Å². The molecule has 0 bridgehead atoms. The van der Waals surface area contributed by atoms with Crippen molar-refractivity contribution in [1.82, 2.24) is 5.32 Å². The number of halogens is 3. The lowest BCUT2D eigenvalue weighted by Crippen LogP contribution is -2.20. The molecule has 0 atom stereocenters. The Balaban J connectivity index is 1.91. The van der Waals surface area contributed by atoms with Crippen LogP contribution in [-0.2, 0) is 6.18 Å². The van der Waals surface area contributed by atoms with Crippen LogP contribution in [0.4, 0.5) is 24.5 Å². The summed E-state index contributed by atoms with van der Waals surface area (Å²) < 4.78 is 38.3. The standard InChI is InChI=1S/C16H14F3N3/c17-16(18,19)11-4-3-5-12(10-11)22-14-7-2-1-6-13(14)15-20-8-9-21-15/h1-7,10,22H,8-9H2,(H,20,21). The van der Waals surface area contributed by atoms with Gasteiger partial charge in [0.2, 0.25) is 0 Å². The van der Waals surface area contributed by atoms with E-state index in [9.17, 15) is 13.2 Å². The summed E-state index contributed by atoms with van der Waals surface area (Å²) in [6.45, 7) is 1.47. The molecule has 0 fully saturated rings. The number of aliphatic imine (C=N–C) groups is 1. The van der Waals surface area contributed by atoms with E-state index >= 15 is 0 Å². The van der Waals surface area contributed by atoms with E-state index in [1.54, 1.807) is 6.07 Å². The monoisotopic (exact) mass is 305 g/mol. The first kappa shape index (κ1) is 14.4. The number of hydrogen-bond donors (Lipinski definition) is 2. The van der Waals surface area contributed by atoms with E-state index in [1.807, 2.05) is 24.3 Å². The molecule has 0 saturated carbocycles. The summed E-state index contributed by atoms with van der Waals surface area (Å²) in [6.07, 6.45) is -4.35. The fourth-order valence-electron chi connectivity index (χ4n) is 2.31. The molecule has 0 unspecified atom stereocenters. The van der Waals surface area contributed by atoms with Gasteiger partial charge in [-0.3, -0.25) is 4.99 Å². The number of anilines is 2. The molecule has 6 heteroatoms. The van der Waals surface area contributed by atoms with Crippen molar-refractivity contribution in [2.75, 3.05) is 18.4 Å². The molecule has 1 heterocycles. The van der Waals surface area contributed by atoms with E-state index < -0.39 is 11.7 Å². The lowest BCUT2D eigenvalue weighted by Gasteiger charge is -2.14. The minimum atomic E-state index is -4.35. The van der Waals surface area contributed by atoms with E-state index in [0.29, 0.717) is 12.2 Å². The summed E-state index contributed by atoms with van der Waals surface area (Å²) in [5, 5.41) is 6.21. The van der Waals surface area contributed by atoms with Crippen LogP contribution >= 0.6 is 0 Å². The number of nitrogens with zero attached hydrogens (tertiary/aromatic N) is 1. The number of benzene rings is 2. The van der Waals surface area contributed by atoms with Gasteiger partial charge in [-0.05, 0) is 30.3 Å². The second kappa shape index (κ2) is 5.71. The number of para-hydroxylation sites is 1. The van der Waals surface area contributed by atoms with Crippen molar-refractivity contribution >= 4 is 17.2 Å². The molecule has 0 radical (unpaired) electrons. The molecule has 2 N–H and O–H groups in total. The third kappa shape index (κ3) is 3.05. The fraction of sp³-hybridized carbons (Fsp3) is 0.188. The second-order valence-electron chi connectivity index (χ2n) is 4.91. The lowest BCUT2D eigenvalue weighted by atomic mass is 10.1. The van der Waals surface area contributed by atoms with Gasteiger partial charge < -0.3 is 10.6 Å². The first-order valence-corrected chi connectivity index (χ1v) is 6.86. The Morgan fingerprint density at radius 1 is 1.05 bits per heavy atom. The van der Waals surface area contributed by atoms with Crippen LogP contribution in [0.25, 0.3) is 0 Å². The summed E-state index contributed by atoms with van der Waals surface area (Å²) in [5.74, 6) is 0.759. The molecule has 0 aromatic heterocycles. The summed E-state index contributed by atoms with van der Waals surface area (Å²) in [5.41, 5.74) is 1.28. The zero-order valence-corrected chi connectivity index (χ0v) is 11.6. The Morgan fingerprint density at radius 3 is 2.59 bits per heavy atom. The van der Waals surface area contributed by atoms with Crippen molar-refractivity contribution in [2.45, 2.75) is 6.18 Å². The molecule has 0 aliphatic carbocycles. The average molecular weight is 305 g/mol. The predicted molar refractivity (Wildman–Crippen MR) is 80.6 cm³/mol. The van der Waals surface area contributed by atoms with Gasteiger partial charge in [0.05, 0.1) is 12.1 Å². The fourth-order valence-corrected chi connectivity index (χ4v) is 2.31. The third-order valence-corrected chi connectivity index (χ3v) is 3.33. The molecule has 2 aromatic rings. The van der Waals surface area contributed by atoms with Gasteiger partial charge in [0.25, 0.3) is 0 Å². The van der Waals surface area contributed by atoms with Crippen LogP contribution < -0.4 is 10.6 Å². The maximum atomic E-state index is 12.8. The van der Waals surface area contributed by atoms with Crippen molar-refractivity contribution in [3.63, 3.8) is 0 Å². The van der Waals surface area contributed by atoms with Gasteiger partial charge in [0.15, 0.2) is 0 Å². The van der Waals surface area contributed by atoms with Crippen molar-refractivity contribution in [1.29, 1.82) is 0 Å². The molecule has 0 spiro atoms. The number of hydrogen-bond acceptors (Lipinski definition) is 3. The van der Waals surface area contributed by atoms with Crippen LogP contribution in [0, 0.1) is 0 Å². The number of rotatable bonds is 3. The summed E-state index contributed by atoms with van der Waals surface area (Å²) >= 11 is 0. The quantitative estimate of drug-likeness (QED) is 0.905. The first-order chi connectivity index (χ1) is 10.5. The van der Waals surface area contributed by atoms with Crippen LogP contribution in [0.15, 0.2) is 53.5 Å². The average Bonchev–Trinajstić information content (AvgIpc) is 3.01. The van der Waals surface area contributed by atoms with Gasteiger partial charge in [-0.2, -0.15) is 13.2 Å². The van der Waals surface area contributed by atoms with Crippen LogP contribution in [0.5, 0.6) is 0 Å². The largest absolute Gasteiger partial charge is 0.416 e. The topological polar surface area (TPSA) is 36.4 Å². The minimum Gasteiger partial charge on any atom is -0.368 e. The molecule has 22 heavy (non-hydrogen) atoms. The molecular formula is C16H14F3N3. The van der Waals surface area contributed by atoms with Crippen LogP contribution in [0.3, 0.4) is 0 Å². The molecule has 3 rings (SSSR count). The lowest BCUT2D eigenvalue weighted by molar-refractivity contribution is -0.137. The highest BCUT2D eigenvalue weighted by Gasteiger charge is 2.30. The van der Waals surface area contributed by atoms with Crippen molar-refractivity contribution in [3.8, 4) is 0 Å². The third-order valence-electron chi connectivity index (χ3n) is 3.33. The summed E-state index contributed by atoms with van der Waals surface area (Å²) in [7, 11) is 0. The Labute approximate surface area is 125 Å². The van der Waals surface area contributed by atoms with E-state index in [1.165, 1.54) is 6.07 Å². The van der Waals surface area contributed by atoms with E-state index in [0.717, 1.165) is 35.8 Å². The Hall–Kier alpha value is -2.50. The first-order valence-electron chi connectivity index (χ1n) is 6.86. The van der Waals surface area contributed by atoms with Gasteiger partial charge >= 0.3 is 6.18 Å². The zero-order valence-electron chi connectivity index (χ0n) is 11.6. The van der Waals surface area contributed by atoms with Gasteiger partial charge in [-0.25, -0.2) is 0 Å². The van der Waals surface area contributed by atoms with Gasteiger partial charge in [-0.1, -0.05) is 18.2 Å². The van der Waals surface area contributed by atoms with E-state index in [4.69, 9.17) is 0 Å². The molecule has 0 saturated heterocycles. The summed E-state index contributed by atoms with van der Waals surface area (Å²) in [6, 6.07) is 12.5. The SMILES string of the molecule is FC(F)(F)c1cccc(Nc2ccccc2C2=NCCN2)c1. The van der Waals surface area contributed by atoms with E-state index in [2.05, 4.69) is 15.6 Å². The highest BCUT2D eigenvalue weighted by atomic mass is 19.4. The van der Waals surface area contributed by atoms with Crippen molar-refractivity contribution in [3.05, 3.63) is 59.7 Å². The molecule has 2 aromatic carbocycles. The second-order valence-corrected chi connectivity index (χ2v) is 4.91. The molecule has 1 aliphatic rings. The predicted octanol–water partition coefficient (Wildman–Crippen LogP) is 3.80. The molecule has 114 valence electrons. The number of nitrogens with one attached hydrogen (secondary N) is 2. The number of alkyl halides is 3. The maximum absolute atomic E-state index is 12.8. The minimum absolute atomic E-state index is 0.390. The Morgan fingerprint density at radius 2 is 1.86 bits per heavy atom. The highest BCUT2D eigenvalue weighted by molar-refractivity contribution is 6.04. The highest BCUT2D eigenvalue weighted by Crippen LogP contribution is 2.31. The van der Waals surface area contributed by atoms with Crippen molar-refractivity contribution < 1.29 is 13.2 Å². The van der Waals surface area contributed by atoms with E-state index in [-0.39, 0.29) is 0 Å². The van der Waals surface area contributed by atoms with Crippen LogP contribution in [0.2, 0.25) is 0 Å². The molecule has 0 amide bonds. The number of amidine groups is 1. The van der Waals surface area contributed by atoms with Crippen molar-refractivity contribution in [2.24, 2.45) is 4.99 Å². The Kier molecular flexibility index (Phi) is 3.75. The molecule has 3 nitrogen and oxygen atoms in total. The smallest absolute Gasteiger partial charge is 0.368 e. The normalized spacial score (nSPS) is 14.4. The zero-order chi connectivity index (χ0) is 15.6. The summed E-state index contributed by atoms with van der Waals surface area (Å²) in [4.78, 5) is 4.35. The molecular weight excluding hydrogens is 291 g/mol. The van der Waals surface area contributed by atoms with Gasteiger partial charge in [0, 0.05) is 23.5 Å². The maximum Gasteiger partial charge on any atom is 0.416 e. The van der Waals surface area contributed by atoms with Gasteiger partial charge in [-0.15, -0.1) is 0 Å². The van der Waals surface area contributed by atoms with Gasteiger partial charge in [0.1, 0.15) is 5.84 Å². The molecule has 1 aliphatic heterocycles.